The topological polar surface area (TPSA) is 62.4 Å². The van der Waals surface area contributed by atoms with Crippen LogP contribution in [0.3, 0.4) is 0 Å². The minimum absolute atomic E-state index is 0.376. The SMILES string of the molecule is OC1CCCN(Cc2noc(C3CC3)n2)c2ccccc21. The molecule has 5 nitrogen and oxygen atoms in total. The monoisotopic (exact) mass is 285 g/mol. The highest BCUT2D eigenvalue weighted by molar-refractivity contribution is 5.55. The summed E-state index contributed by atoms with van der Waals surface area (Å²) in [6, 6.07) is 8.05. The van der Waals surface area contributed by atoms with Crippen molar-refractivity contribution in [2.75, 3.05) is 11.4 Å². The maximum absolute atomic E-state index is 10.2. The van der Waals surface area contributed by atoms with Gasteiger partial charge < -0.3 is 14.5 Å². The molecule has 1 saturated carbocycles. The van der Waals surface area contributed by atoms with Crippen LogP contribution in [0.2, 0.25) is 0 Å². The van der Waals surface area contributed by atoms with Crippen LogP contribution in [0.15, 0.2) is 28.8 Å². The van der Waals surface area contributed by atoms with Gasteiger partial charge in [-0.05, 0) is 31.7 Å². The van der Waals surface area contributed by atoms with Gasteiger partial charge in [0.15, 0.2) is 5.82 Å². The summed E-state index contributed by atoms with van der Waals surface area (Å²) in [4.78, 5) is 6.75. The molecule has 1 aliphatic carbocycles. The highest BCUT2D eigenvalue weighted by Gasteiger charge is 2.30. The van der Waals surface area contributed by atoms with Crippen molar-refractivity contribution in [3.05, 3.63) is 41.5 Å². The molecule has 1 N–H and O–H groups in total. The summed E-state index contributed by atoms with van der Waals surface area (Å²) in [5.41, 5.74) is 2.08. The van der Waals surface area contributed by atoms with E-state index in [9.17, 15) is 5.11 Å². The Bertz CT molecular complexity index is 636. The molecule has 0 bridgehead atoms. The van der Waals surface area contributed by atoms with E-state index >= 15 is 0 Å². The molecule has 4 rings (SSSR count). The Morgan fingerprint density at radius 2 is 2.10 bits per heavy atom. The zero-order chi connectivity index (χ0) is 14.2. The maximum atomic E-state index is 10.2. The zero-order valence-corrected chi connectivity index (χ0v) is 11.9. The first-order valence-electron chi connectivity index (χ1n) is 7.65. The average Bonchev–Trinajstić information content (AvgIpc) is 3.27. The number of nitrogens with zero attached hydrogens (tertiary/aromatic N) is 3. The van der Waals surface area contributed by atoms with E-state index in [4.69, 9.17) is 4.52 Å². The van der Waals surface area contributed by atoms with Crippen molar-refractivity contribution in [2.45, 2.75) is 44.2 Å². The van der Waals surface area contributed by atoms with Gasteiger partial charge in [-0.1, -0.05) is 23.4 Å². The predicted octanol–water partition coefficient (Wildman–Crippen LogP) is 2.78. The molecule has 2 aromatic rings. The number of benzene rings is 1. The molecular weight excluding hydrogens is 266 g/mol. The predicted molar refractivity (Wildman–Crippen MR) is 78.0 cm³/mol. The van der Waals surface area contributed by atoms with Crippen LogP contribution < -0.4 is 4.90 Å². The summed E-state index contributed by atoms with van der Waals surface area (Å²) in [5.74, 6) is 2.01. The number of hydrogen-bond donors (Lipinski definition) is 1. The molecule has 1 unspecified atom stereocenters. The Kier molecular flexibility index (Phi) is 3.15. The second-order valence-electron chi connectivity index (χ2n) is 5.96. The lowest BCUT2D eigenvalue weighted by Gasteiger charge is -2.23. The summed E-state index contributed by atoms with van der Waals surface area (Å²) >= 11 is 0. The molecule has 21 heavy (non-hydrogen) atoms. The van der Waals surface area contributed by atoms with E-state index in [1.165, 1.54) is 12.8 Å². The van der Waals surface area contributed by atoms with Crippen molar-refractivity contribution >= 4 is 5.69 Å². The minimum atomic E-state index is -0.376. The van der Waals surface area contributed by atoms with Gasteiger partial charge in [-0.2, -0.15) is 4.98 Å². The van der Waals surface area contributed by atoms with Crippen LogP contribution in [0, 0.1) is 0 Å². The fourth-order valence-electron chi connectivity index (χ4n) is 2.97. The van der Waals surface area contributed by atoms with E-state index < -0.39 is 0 Å². The van der Waals surface area contributed by atoms with E-state index in [0.29, 0.717) is 12.5 Å². The molecule has 1 atom stereocenters. The highest BCUT2D eigenvalue weighted by Crippen LogP contribution is 2.39. The molecule has 0 radical (unpaired) electrons. The largest absolute Gasteiger partial charge is 0.388 e. The van der Waals surface area contributed by atoms with Gasteiger partial charge in [0.2, 0.25) is 5.89 Å². The molecule has 2 aliphatic rings. The molecular formula is C16H19N3O2. The fourth-order valence-corrected chi connectivity index (χ4v) is 2.97. The molecule has 0 saturated heterocycles. The summed E-state index contributed by atoms with van der Waals surface area (Å²) in [5, 5.41) is 14.3. The summed E-state index contributed by atoms with van der Waals surface area (Å²) in [7, 11) is 0. The Balaban J connectivity index is 1.59. The van der Waals surface area contributed by atoms with Crippen LogP contribution >= 0.6 is 0 Å². The standard InChI is InChI=1S/C16H19N3O2/c20-14-6-3-9-19(13-5-2-1-4-12(13)14)10-15-17-16(21-18-15)11-7-8-11/h1-2,4-5,11,14,20H,3,6-10H2. The third-order valence-corrected chi connectivity index (χ3v) is 4.28. The number of hydrogen-bond acceptors (Lipinski definition) is 5. The molecule has 110 valence electrons. The summed E-state index contributed by atoms with van der Waals surface area (Å²) in [6.07, 6.45) is 3.72. The Morgan fingerprint density at radius 1 is 1.24 bits per heavy atom. The fraction of sp³-hybridized carbons (Fsp3) is 0.500. The molecule has 0 spiro atoms. The quantitative estimate of drug-likeness (QED) is 0.939. The lowest BCUT2D eigenvalue weighted by atomic mass is 10.0. The van der Waals surface area contributed by atoms with Crippen LogP contribution in [0.5, 0.6) is 0 Å². The Labute approximate surface area is 123 Å². The van der Waals surface area contributed by atoms with Crippen LogP contribution in [0.4, 0.5) is 5.69 Å². The Hall–Kier alpha value is -1.88. The molecule has 0 amide bonds. The van der Waals surface area contributed by atoms with Crippen molar-refractivity contribution < 1.29 is 9.63 Å². The van der Waals surface area contributed by atoms with Gasteiger partial charge >= 0.3 is 0 Å². The van der Waals surface area contributed by atoms with Crippen molar-refractivity contribution in [3.63, 3.8) is 0 Å². The van der Waals surface area contributed by atoms with Gasteiger partial charge in [-0.3, -0.25) is 0 Å². The van der Waals surface area contributed by atoms with Crippen molar-refractivity contribution in [1.82, 2.24) is 10.1 Å². The number of anilines is 1. The van der Waals surface area contributed by atoms with E-state index in [-0.39, 0.29) is 6.10 Å². The molecule has 1 fully saturated rings. The average molecular weight is 285 g/mol. The maximum Gasteiger partial charge on any atom is 0.229 e. The Morgan fingerprint density at radius 3 is 2.95 bits per heavy atom. The number of aromatic nitrogens is 2. The molecule has 2 heterocycles. The van der Waals surface area contributed by atoms with Crippen molar-refractivity contribution in [3.8, 4) is 0 Å². The first-order chi connectivity index (χ1) is 10.3. The number of fused-ring (bicyclic) bond motifs is 1. The number of rotatable bonds is 3. The van der Waals surface area contributed by atoms with Gasteiger partial charge in [0.25, 0.3) is 0 Å². The van der Waals surface area contributed by atoms with Crippen LogP contribution in [-0.2, 0) is 6.54 Å². The van der Waals surface area contributed by atoms with Crippen molar-refractivity contribution in [1.29, 1.82) is 0 Å². The van der Waals surface area contributed by atoms with Gasteiger partial charge in [0.05, 0.1) is 12.6 Å². The second kappa shape index (κ2) is 5.15. The second-order valence-corrected chi connectivity index (χ2v) is 5.96. The van der Waals surface area contributed by atoms with E-state index in [1.807, 2.05) is 18.2 Å². The van der Waals surface area contributed by atoms with Crippen LogP contribution in [-0.4, -0.2) is 21.8 Å². The van der Waals surface area contributed by atoms with Crippen molar-refractivity contribution in [2.24, 2.45) is 0 Å². The van der Waals surface area contributed by atoms with E-state index in [1.54, 1.807) is 0 Å². The normalized spacial score (nSPS) is 22.0. The number of para-hydroxylation sites is 1. The minimum Gasteiger partial charge on any atom is -0.388 e. The van der Waals surface area contributed by atoms with E-state index in [0.717, 1.165) is 42.4 Å². The van der Waals surface area contributed by atoms with Crippen LogP contribution in [0.25, 0.3) is 0 Å². The third kappa shape index (κ3) is 2.53. The smallest absolute Gasteiger partial charge is 0.229 e. The molecule has 1 aliphatic heterocycles. The number of aliphatic hydroxyl groups is 1. The lowest BCUT2D eigenvalue weighted by Crippen LogP contribution is -2.24. The molecule has 1 aromatic heterocycles. The van der Waals surface area contributed by atoms with Gasteiger partial charge in [0.1, 0.15) is 0 Å². The first kappa shape index (κ1) is 12.8. The highest BCUT2D eigenvalue weighted by atomic mass is 16.5. The third-order valence-electron chi connectivity index (χ3n) is 4.28. The van der Waals surface area contributed by atoms with Gasteiger partial charge in [-0.15, -0.1) is 0 Å². The molecule has 1 aromatic carbocycles. The van der Waals surface area contributed by atoms with Gasteiger partial charge in [-0.25, -0.2) is 0 Å². The number of aliphatic hydroxyl groups excluding tert-OH is 1. The van der Waals surface area contributed by atoms with Crippen LogP contribution in [0.1, 0.15) is 55.0 Å². The summed E-state index contributed by atoms with van der Waals surface area (Å²) < 4.78 is 5.33. The molecule has 5 heteroatoms. The van der Waals surface area contributed by atoms with E-state index in [2.05, 4.69) is 21.1 Å². The summed E-state index contributed by atoms with van der Waals surface area (Å²) in [6.45, 7) is 1.54. The lowest BCUT2D eigenvalue weighted by molar-refractivity contribution is 0.168. The van der Waals surface area contributed by atoms with Gasteiger partial charge in [0, 0.05) is 23.7 Å². The zero-order valence-electron chi connectivity index (χ0n) is 11.9. The first-order valence-corrected chi connectivity index (χ1v) is 7.65.